The number of hydrogen-bond donors (Lipinski definition) is 2. The summed E-state index contributed by atoms with van der Waals surface area (Å²) in [6.07, 6.45) is 2.76. The number of hydrogen-bond acceptors (Lipinski definition) is 4. The zero-order valence-electron chi connectivity index (χ0n) is 21.2. The molecule has 3 aliphatic rings. The van der Waals surface area contributed by atoms with E-state index in [2.05, 4.69) is 22.8 Å². The number of piperidine rings is 1. The number of carbonyl (C=O) groups is 3. The molecular formula is C29H36N4O3. The van der Waals surface area contributed by atoms with Crippen LogP contribution in [-0.2, 0) is 26.2 Å². The Morgan fingerprint density at radius 2 is 1.69 bits per heavy atom. The topological polar surface area (TPSA) is 81.8 Å². The zero-order valence-corrected chi connectivity index (χ0v) is 21.2. The fraction of sp³-hybridized carbons (Fsp3) is 0.483. The van der Waals surface area contributed by atoms with Gasteiger partial charge in [0.1, 0.15) is 6.04 Å². The van der Waals surface area contributed by atoms with E-state index in [1.54, 1.807) is 0 Å². The fourth-order valence-electron chi connectivity index (χ4n) is 5.64. The molecule has 0 bridgehead atoms. The molecule has 1 unspecified atom stereocenters. The third-order valence-corrected chi connectivity index (χ3v) is 8.06. The third-order valence-electron chi connectivity index (χ3n) is 8.06. The number of para-hydroxylation sites is 1. The van der Waals surface area contributed by atoms with Crippen molar-refractivity contribution in [3.05, 3.63) is 65.7 Å². The first kappa shape index (κ1) is 24.5. The summed E-state index contributed by atoms with van der Waals surface area (Å²) in [5.41, 5.74) is 2.69. The maximum absolute atomic E-state index is 13.6. The van der Waals surface area contributed by atoms with Crippen molar-refractivity contribution in [2.45, 2.75) is 57.0 Å². The van der Waals surface area contributed by atoms with Crippen LogP contribution < -0.4 is 15.5 Å². The smallest absolute Gasteiger partial charge is 0.245 e. The van der Waals surface area contributed by atoms with E-state index in [1.807, 2.05) is 66.1 Å². The fourth-order valence-corrected chi connectivity index (χ4v) is 5.64. The first-order valence-electron chi connectivity index (χ1n) is 13.1. The van der Waals surface area contributed by atoms with E-state index in [9.17, 15) is 14.4 Å². The summed E-state index contributed by atoms with van der Waals surface area (Å²) in [6.45, 7) is 6.48. The minimum atomic E-state index is -0.539. The van der Waals surface area contributed by atoms with Crippen LogP contribution in [0.15, 0.2) is 54.6 Å². The monoisotopic (exact) mass is 488 g/mol. The minimum Gasteiger partial charge on any atom is -0.344 e. The van der Waals surface area contributed by atoms with Crippen LogP contribution in [0.4, 0.5) is 5.69 Å². The van der Waals surface area contributed by atoms with Crippen molar-refractivity contribution in [3.63, 3.8) is 0 Å². The molecule has 7 heteroatoms. The summed E-state index contributed by atoms with van der Waals surface area (Å²) >= 11 is 0. The quantitative estimate of drug-likeness (QED) is 0.628. The van der Waals surface area contributed by atoms with Gasteiger partial charge < -0.3 is 20.4 Å². The first-order valence-corrected chi connectivity index (χ1v) is 13.1. The van der Waals surface area contributed by atoms with E-state index in [-0.39, 0.29) is 29.7 Å². The van der Waals surface area contributed by atoms with Crippen molar-refractivity contribution in [1.29, 1.82) is 0 Å². The SMILES string of the molecule is CC1(C)C(=O)N(C2CCN(C(=O)C(CCc3ccccc3)NC(=O)C3CNC3)CC2)c2ccccc21. The molecule has 5 rings (SSSR count). The van der Waals surface area contributed by atoms with Crippen molar-refractivity contribution in [2.24, 2.45) is 5.92 Å². The van der Waals surface area contributed by atoms with E-state index in [1.165, 1.54) is 0 Å². The van der Waals surface area contributed by atoms with Crippen molar-refractivity contribution in [1.82, 2.24) is 15.5 Å². The molecule has 0 saturated carbocycles. The Bertz CT molecular complexity index is 1120. The van der Waals surface area contributed by atoms with Crippen LogP contribution in [0.3, 0.4) is 0 Å². The van der Waals surface area contributed by atoms with Gasteiger partial charge in [-0.05, 0) is 56.7 Å². The predicted octanol–water partition coefficient (Wildman–Crippen LogP) is 2.64. The van der Waals surface area contributed by atoms with Gasteiger partial charge in [-0.25, -0.2) is 0 Å². The van der Waals surface area contributed by atoms with Crippen LogP contribution in [0.25, 0.3) is 0 Å². The first-order chi connectivity index (χ1) is 17.4. The number of aryl methyl sites for hydroxylation is 1. The van der Waals surface area contributed by atoms with Gasteiger partial charge in [-0.2, -0.15) is 0 Å². The molecule has 0 spiro atoms. The number of nitrogens with one attached hydrogen (secondary N) is 2. The molecule has 2 aromatic rings. The number of anilines is 1. The van der Waals surface area contributed by atoms with Gasteiger partial charge in [0.05, 0.1) is 11.3 Å². The highest BCUT2D eigenvalue weighted by Crippen LogP contribution is 2.43. The van der Waals surface area contributed by atoms with Gasteiger partial charge in [-0.3, -0.25) is 14.4 Å². The Morgan fingerprint density at radius 3 is 2.36 bits per heavy atom. The normalized spacial score (nSPS) is 20.6. The lowest BCUT2D eigenvalue weighted by Gasteiger charge is -2.39. The van der Waals surface area contributed by atoms with Crippen LogP contribution >= 0.6 is 0 Å². The number of fused-ring (bicyclic) bond motifs is 1. The molecule has 2 fully saturated rings. The lowest BCUT2D eigenvalue weighted by Crippen LogP contribution is -2.57. The van der Waals surface area contributed by atoms with Crippen LogP contribution in [0, 0.1) is 5.92 Å². The average Bonchev–Trinajstić information content (AvgIpc) is 3.06. The van der Waals surface area contributed by atoms with Crippen molar-refractivity contribution in [3.8, 4) is 0 Å². The molecule has 2 aromatic carbocycles. The number of rotatable bonds is 7. The minimum absolute atomic E-state index is 0.0153. The van der Waals surface area contributed by atoms with Gasteiger partial charge >= 0.3 is 0 Å². The Kier molecular flexibility index (Phi) is 6.84. The molecular weight excluding hydrogens is 452 g/mol. The van der Waals surface area contributed by atoms with Crippen molar-refractivity contribution in [2.75, 3.05) is 31.1 Å². The molecule has 1 atom stereocenters. The standard InChI is InChI=1S/C29H36N4O3/c1-29(2)23-10-6-7-11-25(23)33(28(29)36)22-14-16-32(17-15-22)27(35)24(31-26(34)21-18-30-19-21)13-12-20-8-4-3-5-9-20/h3-11,21-22,24,30H,12-19H2,1-2H3,(H,31,34). The number of carbonyl (C=O) groups excluding carboxylic acids is 3. The van der Waals surface area contributed by atoms with Gasteiger partial charge in [-0.1, -0.05) is 48.5 Å². The zero-order chi connectivity index (χ0) is 25.3. The maximum atomic E-state index is 13.6. The average molecular weight is 489 g/mol. The lowest BCUT2D eigenvalue weighted by atomic mass is 9.86. The van der Waals surface area contributed by atoms with E-state index >= 15 is 0 Å². The van der Waals surface area contributed by atoms with E-state index in [0.717, 1.165) is 36.1 Å². The number of benzene rings is 2. The summed E-state index contributed by atoms with van der Waals surface area (Å²) in [6, 6.07) is 17.7. The Balaban J connectivity index is 1.25. The lowest BCUT2D eigenvalue weighted by molar-refractivity contribution is -0.139. The molecule has 7 nitrogen and oxygen atoms in total. The molecule has 3 aliphatic heterocycles. The molecule has 3 amide bonds. The summed E-state index contributed by atoms with van der Waals surface area (Å²) in [4.78, 5) is 43.5. The maximum Gasteiger partial charge on any atom is 0.245 e. The highest BCUT2D eigenvalue weighted by Gasteiger charge is 2.47. The summed E-state index contributed by atoms with van der Waals surface area (Å²) in [5.74, 6) is 0.0120. The highest BCUT2D eigenvalue weighted by molar-refractivity contribution is 6.08. The second kappa shape index (κ2) is 10.1. The second-order valence-electron chi connectivity index (χ2n) is 10.8. The van der Waals surface area contributed by atoms with Gasteiger partial charge in [0.15, 0.2) is 0 Å². The number of amides is 3. The summed E-state index contributed by atoms with van der Waals surface area (Å²) < 4.78 is 0. The number of likely N-dealkylation sites (tertiary alicyclic amines) is 1. The molecule has 0 aromatic heterocycles. The van der Waals surface area contributed by atoms with Gasteiger partial charge in [0, 0.05) is 37.9 Å². The van der Waals surface area contributed by atoms with E-state index < -0.39 is 11.5 Å². The van der Waals surface area contributed by atoms with E-state index in [0.29, 0.717) is 32.6 Å². The molecule has 0 radical (unpaired) electrons. The molecule has 2 saturated heterocycles. The summed E-state index contributed by atoms with van der Waals surface area (Å²) in [7, 11) is 0. The van der Waals surface area contributed by atoms with Crippen LogP contribution in [0.1, 0.15) is 44.2 Å². The highest BCUT2D eigenvalue weighted by atomic mass is 16.2. The molecule has 3 heterocycles. The van der Waals surface area contributed by atoms with Crippen LogP contribution in [-0.4, -0.2) is 60.9 Å². The van der Waals surface area contributed by atoms with E-state index in [4.69, 9.17) is 0 Å². The molecule has 2 N–H and O–H groups in total. The van der Waals surface area contributed by atoms with Gasteiger partial charge in [0.25, 0.3) is 0 Å². The van der Waals surface area contributed by atoms with Gasteiger partial charge in [-0.15, -0.1) is 0 Å². The largest absolute Gasteiger partial charge is 0.344 e. The molecule has 36 heavy (non-hydrogen) atoms. The molecule has 0 aliphatic carbocycles. The van der Waals surface area contributed by atoms with Gasteiger partial charge in [0.2, 0.25) is 17.7 Å². The Labute approximate surface area is 213 Å². The van der Waals surface area contributed by atoms with Crippen molar-refractivity contribution >= 4 is 23.4 Å². The third kappa shape index (κ3) is 4.64. The predicted molar refractivity (Wildman–Crippen MR) is 140 cm³/mol. The van der Waals surface area contributed by atoms with Crippen LogP contribution in [0.5, 0.6) is 0 Å². The second-order valence-corrected chi connectivity index (χ2v) is 10.8. The number of nitrogens with zero attached hydrogens (tertiary/aromatic N) is 2. The Hall–Kier alpha value is -3.19. The van der Waals surface area contributed by atoms with Crippen LogP contribution in [0.2, 0.25) is 0 Å². The molecule has 190 valence electrons. The Morgan fingerprint density at radius 1 is 1.03 bits per heavy atom. The summed E-state index contributed by atoms with van der Waals surface area (Å²) in [5, 5.41) is 6.17. The van der Waals surface area contributed by atoms with Crippen molar-refractivity contribution < 1.29 is 14.4 Å².